The summed E-state index contributed by atoms with van der Waals surface area (Å²) in [7, 11) is 0. The van der Waals surface area contributed by atoms with E-state index in [9.17, 15) is 4.39 Å². The van der Waals surface area contributed by atoms with E-state index in [4.69, 9.17) is 0 Å². The van der Waals surface area contributed by atoms with Crippen LogP contribution in [0.5, 0.6) is 0 Å². The van der Waals surface area contributed by atoms with Crippen LogP contribution < -0.4 is 5.32 Å². The minimum absolute atomic E-state index is 0.199. The molecule has 16 heavy (non-hydrogen) atoms. The van der Waals surface area contributed by atoms with Gasteiger partial charge in [0.15, 0.2) is 0 Å². The van der Waals surface area contributed by atoms with Crippen LogP contribution in [0.2, 0.25) is 0 Å². The third-order valence-electron chi connectivity index (χ3n) is 2.83. The van der Waals surface area contributed by atoms with Crippen molar-refractivity contribution < 1.29 is 4.39 Å². The maximum absolute atomic E-state index is 13.1. The van der Waals surface area contributed by atoms with Gasteiger partial charge < -0.3 is 5.32 Å². The van der Waals surface area contributed by atoms with E-state index in [-0.39, 0.29) is 12.7 Å². The lowest BCUT2D eigenvalue weighted by Gasteiger charge is -2.33. The van der Waals surface area contributed by atoms with E-state index in [1.807, 2.05) is 12.1 Å². The first-order chi connectivity index (χ1) is 7.81. The fourth-order valence-corrected chi connectivity index (χ4v) is 2.18. The molecule has 1 aliphatic rings. The van der Waals surface area contributed by atoms with Crippen molar-refractivity contribution in [1.82, 2.24) is 15.2 Å². The predicted molar refractivity (Wildman–Crippen MR) is 65.1 cm³/mol. The van der Waals surface area contributed by atoms with Crippen LogP contribution >= 0.6 is 15.9 Å². The van der Waals surface area contributed by atoms with Crippen LogP contribution in [0, 0.1) is 0 Å². The molecule has 1 aliphatic heterocycles. The molecule has 2 rings (SSSR count). The highest BCUT2D eigenvalue weighted by Crippen LogP contribution is 2.21. The molecule has 1 N–H and O–H groups in total. The van der Waals surface area contributed by atoms with E-state index in [2.05, 4.69) is 31.1 Å². The molecule has 1 atom stereocenters. The first-order valence-corrected chi connectivity index (χ1v) is 6.23. The number of halogens is 2. The first-order valence-electron chi connectivity index (χ1n) is 5.43. The zero-order valence-electron chi connectivity index (χ0n) is 9.00. The third-order valence-corrected chi connectivity index (χ3v) is 3.30. The number of pyridine rings is 1. The molecule has 0 unspecified atom stereocenters. The molecule has 0 aromatic carbocycles. The van der Waals surface area contributed by atoms with Gasteiger partial charge in [0.2, 0.25) is 0 Å². The molecule has 0 spiro atoms. The molecular weight excluding hydrogens is 273 g/mol. The molecule has 0 amide bonds. The van der Waals surface area contributed by atoms with E-state index >= 15 is 0 Å². The minimum Gasteiger partial charge on any atom is -0.314 e. The van der Waals surface area contributed by atoms with Gasteiger partial charge in [0.25, 0.3) is 0 Å². The van der Waals surface area contributed by atoms with Crippen LogP contribution in [-0.2, 0) is 0 Å². The molecule has 1 saturated heterocycles. The quantitative estimate of drug-likeness (QED) is 0.918. The summed E-state index contributed by atoms with van der Waals surface area (Å²) in [4.78, 5) is 6.42. The zero-order chi connectivity index (χ0) is 11.4. The molecule has 0 bridgehead atoms. The SMILES string of the molecule is FC[C@@H](c1ccc(Br)cn1)N1CCNCC1. The number of rotatable bonds is 3. The standard InChI is InChI=1S/C11H15BrFN3/c12-9-1-2-10(15-8-9)11(7-13)16-5-3-14-4-6-16/h1-2,8,11,14H,3-7H2/t11-/m0/s1. The summed E-state index contributed by atoms with van der Waals surface area (Å²) < 4.78 is 14.0. The molecule has 3 nitrogen and oxygen atoms in total. The normalized spacial score (nSPS) is 19.6. The summed E-state index contributed by atoms with van der Waals surface area (Å²) in [5.41, 5.74) is 0.813. The molecule has 0 saturated carbocycles. The Labute approximate surface area is 103 Å². The number of alkyl halides is 1. The highest BCUT2D eigenvalue weighted by atomic mass is 79.9. The van der Waals surface area contributed by atoms with Gasteiger partial charge in [0, 0.05) is 36.8 Å². The second-order valence-corrected chi connectivity index (χ2v) is 4.77. The van der Waals surface area contributed by atoms with Crippen LogP contribution in [0.15, 0.2) is 22.8 Å². The van der Waals surface area contributed by atoms with E-state index < -0.39 is 0 Å². The summed E-state index contributed by atoms with van der Waals surface area (Å²) in [6.07, 6.45) is 1.72. The lowest BCUT2D eigenvalue weighted by molar-refractivity contribution is 0.144. The summed E-state index contributed by atoms with van der Waals surface area (Å²) in [5.74, 6) is 0. The Kier molecular flexibility index (Phi) is 4.26. The molecule has 2 heterocycles. The van der Waals surface area contributed by atoms with Gasteiger partial charge >= 0.3 is 0 Å². The lowest BCUT2D eigenvalue weighted by atomic mass is 10.1. The van der Waals surface area contributed by atoms with Crippen molar-refractivity contribution in [1.29, 1.82) is 0 Å². The largest absolute Gasteiger partial charge is 0.314 e. The van der Waals surface area contributed by atoms with Crippen molar-refractivity contribution >= 4 is 15.9 Å². The predicted octanol–water partition coefficient (Wildman–Crippen LogP) is 1.76. The molecule has 0 radical (unpaired) electrons. The Balaban J connectivity index is 2.11. The van der Waals surface area contributed by atoms with E-state index in [1.54, 1.807) is 6.20 Å². The van der Waals surface area contributed by atoms with Crippen molar-refractivity contribution in [2.45, 2.75) is 6.04 Å². The van der Waals surface area contributed by atoms with Crippen LogP contribution in [0.3, 0.4) is 0 Å². The average molecular weight is 288 g/mol. The van der Waals surface area contributed by atoms with Crippen molar-refractivity contribution in [3.63, 3.8) is 0 Å². The zero-order valence-corrected chi connectivity index (χ0v) is 10.6. The van der Waals surface area contributed by atoms with E-state index in [1.165, 1.54) is 0 Å². The fraction of sp³-hybridized carbons (Fsp3) is 0.545. The highest BCUT2D eigenvalue weighted by molar-refractivity contribution is 9.10. The third kappa shape index (κ3) is 2.78. The molecule has 1 aromatic heterocycles. The molecule has 1 fully saturated rings. The van der Waals surface area contributed by atoms with Crippen LogP contribution in [0.25, 0.3) is 0 Å². The average Bonchev–Trinajstić information content (AvgIpc) is 2.34. The molecule has 88 valence electrons. The Morgan fingerprint density at radius 2 is 2.19 bits per heavy atom. The van der Waals surface area contributed by atoms with Crippen LogP contribution in [-0.4, -0.2) is 42.7 Å². The van der Waals surface area contributed by atoms with Crippen molar-refractivity contribution in [3.05, 3.63) is 28.5 Å². The van der Waals surface area contributed by atoms with Gasteiger partial charge in [-0.1, -0.05) is 0 Å². The fourth-order valence-electron chi connectivity index (χ4n) is 1.94. The highest BCUT2D eigenvalue weighted by Gasteiger charge is 2.22. The topological polar surface area (TPSA) is 28.2 Å². The van der Waals surface area contributed by atoms with Crippen LogP contribution in [0.4, 0.5) is 4.39 Å². The molecule has 1 aromatic rings. The molecule has 5 heteroatoms. The molecule has 0 aliphatic carbocycles. The number of aromatic nitrogens is 1. The minimum atomic E-state index is -0.380. The Morgan fingerprint density at radius 1 is 1.44 bits per heavy atom. The summed E-state index contributed by atoms with van der Waals surface area (Å²) in [6.45, 7) is 3.23. The number of nitrogens with one attached hydrogen (secondary N) is 1. The number of nitrogens with zero attached hydrogens (tertiary/aromatic N) is 2. The molecular formula is C11H15BrFN3. The maximum Gasteiger partial charge on any atom is 0.111 e. The van der Waals surface area contributed by atoms with Gasteiger partial charge in [0.1, 0.15) is 6.67 Å². The van der Waals surface area contributed by atoms with Gasteiger partial charge in [-0.25, -0.2) is 4.39 Å². The smallest absolute Gasteiger partial charge is 0.111 e. The monoisotopic (exact) mass is 287 g/mol. The second kappa shape index (κ2) is 5.70. The Bertz CT molecular complexity index is 325. The van der Waals surface area contributed by atoms with Crippen molar-refractivity contribution in [2.24, 2.45) is 0 Å². The van der Waals surface area contributed by atoms with Gasteiger partial charge in [-0.2, -0.15) is 0 Å². The van der Waals surface area contributed by atoms with Crippen LogP contribution in [0.1, 0.15) is 11.7 Å². The Hall–Kier alpha value is -0.520. The first kappa shape index (κ1) is 12.0. The number of hydrogen-bond donors (Lipinski definition) is 1. The van der Waals surface area contributed by atoms with Crippen molar-refractivity contribution in [2.75, 3.05) is 32.9 Å². The van der Waals surface area contributed by atoms with Crippen molar-refractivity contribution in [3.8, 4) is 0 Å². The lowest BCUT2D eigenvalue weighted by Crippen LogP contribution is -2.45. The van der Waals surface area contributed by atoms with E-state index in [0.29, 0.717) is 0 Å². The second-order valence-electron chi connectivity index (χ2n) is 3.86. The van der Waals surface area contributed by atoms with Gasteiger partial charge in [-0.3, -0.25) is 9.88 Å². The van der Waals surface area contributed by atoms with Gasteiger partial charge in [-0.05, 0) is 28.1 Å². The summed E-state index contributed by atoms with van der Waals surface area (Å²) in [5, 5.41) is 3.26. The van der Waals surface area contributed by atoms with Gasteiger partial charge in [-0.15, -0.1) is 0 Å². The van der Waals surface area contributed by atoms with Gasteiger partial charge in [0.05, 0.1) is 11.7 Å². The Morgan fingerprint density at radius 3 is 2.75 bits per heavy atom. The van der Waals surface area contributed by atoms with E-state index in [0.717, 1.165) is 36.3 Å². The summed E-state index contributed by atoms with van der Waals surface area (Å²) >= 11 is 3.33. The number of hydrogen-bond acceptors (Lipinski definition) is 3. The summed E-state index contributed by atoms with van der Waals surface area (Å²) in [6, 6.07) is 3.60. The maximum atomic E-state index is 13.1. The number of piperazine rings is 1.